The summed E-state index contributed by atoms with van der Waals surface area (Å²) in [5.74, 6) is -0.365. The van der Waals surface area contributed by atoms with Crippen LogP contribution in [0.5, 0.6) is 0 Å². The number of amides is 2. The molecule has 1 aliphatic rings. The first-order valence-electron chi connectivity index (χ1n) is 12.1. The smallest absolute Gasteiger partial charge is 0.408 e. The summed E-state index contributed by atoms with van der Waals surface area (Å²) in [7, 11) is 0. The van der Waals surface area contributed by atoms with Gasteiger partial charge in [0.1, 0.15) is 11.4 Å². The largest absolute Gasteiger partial charge is 0.444 e. The van der Waals surface area contributed by atoms with Crippen molar-refractivity contribution in [3.63, 3.8) is 0 Å². The van der Waals surface area contributed by atoms with E-state index in [0.717, 1.165) is 11.1 Å². The van der Waals surface area contributed by atoms with Crippen molar-refractivity contribution in [3.8, 4) is 0 Å². The molecule has 38 heavy (non-hydrogen) atoms. The van der Waals surface area contributed by atoms with E-state index in [2.05, 4.69) is 10.6 Å². The number of halogens is 2. The van der Waals surface area contributed by atoms with Crippen molar-refractivity contribution < 1.29 is 18.7 Å². The lowest BCUT2D eigenvalue weighted by Gasteiger charge is -2.22. The van der Waals surface area contributed by atoms with E-state index in [4.69, 9.17) is 16.3 Å². The summed E-state index contributed by atoms with van der Waals surface area (Å²) < 4.78 is 20.2. The Kier molecular flexibility index (Phi) is 8.18. The highest BCUT2D eigenvalue weighted by Gasteiger charge is 2.34. The van der Waals surface area contributed by atoms with Gasteiger partial charge in [0.25, 0.3) is 11.5 Å². The zero-order valence-electron chi connectivity index (χ0n) is 21.5. The molecule has 1 aromatic heterocycles. The molecule has 0 fully saturated rings. The topological polar surface area (TPSA) is 89.4 Å². The van der Waals surface area contributed by atoms with Gasteiger partial charge in [0, 0.05) is 21.9 Å². The number of carbonyl (C=O) groups excluding carboxylic acids is 2. The van der Waals surface area contributed by atoms with E-state index >= 15 is 0 Å². The molecule has 3 aromatic rings. The minimum Gasteiger partial charge on any atom is -0.444 e. The minimum absolute atomic E-state index is 0.209. The number of ether oxygens (including phenoxy) is 1. The summed E-state index contributed by atoms with van der Waals surface area (Å²) in [6.07, 6.45) is 0.908. The van der Waals surface area contributed by atoms with E-state index in [1.54, 1.807) is 58.2 Å². The van der Waals surface area contributed by atoms with Crippen molar-refractivity contribution in [1.29, 1.82) is 0 Å². The second kappa shape index (κ2) is 11.2. The van der Waals surface area contributed by atoms with Gasteiger partial charge in [0.15, 0.2) is 0 Å². The predicted octanol–water partition coefficient (Wildman–Crippen LogP) is 5.85. The van der Waals surface area contributed by atoms with Crippen LogP contribution in [0.4, 0.5) is 9.18 Å². The second-order valence-electron chi connectivity index (χ2n) is 10.1. The molecule has 0 saturated heterocycles. The Morgan fingerprint density at radius 2 is 1.82 bits per heavy atom. The van der Waals surface area contributed by atoms with Gasteiger partial charge in [-0.25, -0.2) is 9.18 Å². The van der Waals surface area contributed by atoms with Crippen molar-refractivity contribution in [1.82, 2.24) is 15.2 Å². The molecular weight excluding hydrogens is 529 g/mol. The average molecular weight is 558 g/mol. The van der Waals surface area contributed by atoms with Crippen molar-refractivity contribution in [3.05, 3.63) is 98.2 Å². The van der Waals surface area contributed by atoms with Crippen LogP contribution >= 0.6 is 23.4 Å². The van der Waals surface area contributed by atoms with Crippen LogP contribution in [0.2, 0.25) is 5.02 Å². The van der Waals surface area contributed by atoms with Crippen LogP contribution in [-0.4, -0.2) is 27.9 Å². The predicted molar refractivity (Wildman–Crippen MR) is 146 cm³/mol. The Balaban J connectivity index is 1.70. The van der Waals surface area contributed by atoms with E-state index in [1.807, 2.05) is 12.1 Å². The standard InChI is InChI=1S/C28H29ClFN3O4S/c1-16(18-7-11-20(30)12-8-18)31-25(34)21-14-33(13-17-5-9-19(29)10-6-17)26(35)23-22(15-38-24(21)23)32-27(36)37-28(2,3)4/h5-12,14,16,22H,13,15H2,1-4H3,(H,31,34)(H,32,36)/t16?,22-/m0/s1. The van der Waals surface area contributed by atoms with Gasteiger partial charge in [-0.05, 0) is 63.1 Å². The highest BCUT2D eigenvalue weighted by Crippen LogP contribution is 2.39. The number of alkyl carbamates (subject to hydrolysis) is 1. The lowest BCUT2D eigenvalue weighted by atomic mass is 10.1. The molecule has 7 nitrogen and oxygen atoms in total. The number of nitrogens with one attached hydrogen (secondary N) is 2. The van der Waals surface area contributed by atoms with Gasteiger partial charge in [-0.1, -0.05) is 35.9 Å². The van der Waals surface area contributed by atoms with Crippen LogP contribution in [0, 0.1) is 5.82 Å². The van der Waals surface area contributed by atoms with Crippen LogP contribution in [0.25, 0.3) is 0 Å². The lowest BCUT2D eigenvalue weighted by molar-refractivity contribution is 0.0508. The molecule has 1 unspecified atom stereocenters. The van der Waals surface area contributed by atoms with Gasteiger partial charge in [-0.15, -0.1) is 11.8 Å². The lowest BCUT2D eigenvalue weighted by Crippen LogP contribution is -2.38. The molecule has 2 heterocycles. The van der Waals surface area contributed by atoms with Crippen LogP contribution in [0.1, 0.15) is 66.8 Å². The number of benzene rings is 2. The third-order valence-electron chi connectivity index (χ3n) is 5.93. The molecule has 200 valence electrons. The monoisotopic (exact) mass is 557 g/mol. The van der Waals surface area contributed by atoms with Crippen LogP contribution in [0.3, 0.4) is 0 Å². The molecular formula is C28H29ClFN3O4S. The SMILES string of the molecule is CC(NC(=O)c1cn(Cc2ccc(Cl)cc2)c(=O)c2c1SC[C@@H]2NC(=O)OC(C)(C)C)c1ccc(F)cc1. The summed E-state index contributed by atoms with van der Waals surface area (Å²) in [4.78, 5) is 40.2. The fourth-order valence-electron chi connectivity index (χ4n) is 4.12. The maximum Gasteiger partial charge on any atom is 0.408 e. The van der Waals surface area contributed by atoms with E-state index < -0.39 is 23.8 Å². The molecule has 4 rings (SSSR count). The van der Waals surface area contributed by atoms with Gasteiger partial charge in [0.05, 0.1) is 29.8 Å². The van der Waals surface area contributed by atoms with Crippen LogP contribution in [0.15, 0.2) is 64.4 Å². The molecule has 0 saturated carbocycles. The minimum atomic E-state index is -0.703. The van der Waals surface area contributed by atoms with Gasteiger partial charge in [0.2, 0.25) is 0 Å². The molecule has 0 bridgehead atoms. The molecule has 2 atom stereocenters. The molecule has 2 aromatic carbocycles. The first-order chi connectivity index (χ1) is 17.9. The van der Waals surface area contributed by atoms with Crippen molar-refractivity contribution in [2.24, 2.45) is 0 Å². The zero-order chi connectivity index (χ0) is 27.6. The number of thioether (sulfide) groups is 1. The number of carbonyl (C=O) groups is 2. The van der Waals surface area contributed by atoms with E-state index in [9.17, 15) is 18.8 Å². The quantitative estimate of drug-likeness (QED) is 0.397. The van der Waals surface area contributed by atoms with Crippen molar-refractivity contribution in [2.45, 2.75) is 56.8 Å². The molecule has 0 radical (unpaired) electrons. The third kappa shape index (κ3) is 6.57. The fourth-order valence-corrected chi connectivity index (χ4v) is 5.52. The van der Waals surface area contributed by atoms with Crippen LogP contribution in [-0.2, 0) is 11.3 Å². The highest BCUT2D eigenvalue weighted by molar-refractivity contribution is 7.99. The number of nitrogens with zero attached hydrogens (tertiary/aromatic N) is 1. The van der Waals surface area contributed by atoms with E-state index in [1.165, 1.54) is 28.5 Å². The Labute approximate surface area is 229 Å². The van der Waals surface area contributed by atoms with Crippen molar-refractivity contribution >= 4 is 35.4 Å². The van der Waals surface area contributed by atoms with Crippen molar-refractivity contribution in [2.75, 3.05) is 5.75 Å². The third-order valence-corrected chi connectivity index (χ3v) is 7.41. The summed E-state index contributed by atoms with van der Waals surface area (Å²) >= 11 is 7.35. The van der Waals surface area contributed by atoms with Crippen LogP contribution < -0.4 is 16.2 Å². The zero-order valence-corrected chi connectivity index (χ0v) is 23.1. The van der Waals surface area contributed by atoms with E-state index in [0.29, 0.717) is 26.8 Å². The van der Waals surface area contributed by atoms with Gasteiger partial charge >= 0.3 is 6.09 Å². The molecule has 1 aliphatic heterocycles. The number of aromatic nitrogens is 1. The number of fused-ring (bicyclic) bond motifs is 1. The Morgan fingerprint density at radius 1 is 1.16 bits per heavy atom. The highest BCUT2D eigenvalue weighted by atomic mass is 35.5. The van der Waals surface area contributed by atoms with Gasteiger partial charge in [-0.2, -0.15) is 0 Å². The summed E-state index contributed by atoms with van der Waals surface area (Å²) in [6.45, 7) is 7.28. The molecule has 2 N–H and O–H groups in total. The maximum atomic E-state index is 13.6. The number of hydrogen-bond donors (Lipinski definition) is 2. The molecule has 0 aliphatic carbocycles. The summed E-state index contributed by atoms with van der Waals surface area (Å²) in [6, 6.07) is 12.0. The number of hydrogen-bond acceptors (Lipinski definition) is 5. The Hall–Kier alpha value is -3.30. The maximum absolute atomic E-state index is 13.6. The summed E-state index contributed by atoms with van der Waals surface area (Å²) in [5.41, 5.74) is 1.22. The first kappa shape index (κ1) is 27.7. The second-order valence-corrected chi connectivity index (χ2v) is 11.6. The molecule has 2 amide bonds. The van der Waals surface area contributed by atoms with Gasteiger partial charge in [-0.3, -0.25) is 9.59 Å². The summed E-state index contributed by atoms with van der Waals surface area (Å²) in [5, 5.41) is 6.31. The first-order valence-corrected chi connectivity index (χ1v) is 13.5. The Morgan fingerprint density at radius 3 is 2.45 bits per heavy atom. The Bertz CT molecular complexity index is 1400. The normalized spacial score (nSPS) is 15.5. The average Bonchev–Trinajstić information content (AvgIpc) is 3.25. The van der Waals surface area contributed by atoms with E-state index in [-0.39, 0.29) is 23.8 Å². The molecule has 0 spiro atoms. The molecule has 10 heteroatoms. The van der Waals surface area contributed by atoms with Gasteiger partial charge < -0.3 is 19.9 Å². The number of pyridine rings is 1. The fraction of sp³-hybridized carbons (Fsp3) is 0.321. The number of rotatable bonds is 6.